The van der Waals surface area contributed by atoms with Crippen molar-refractivity contribution in [3.8, 4) is 0 Å². The van der Waals surface area contributed by atoms with E-state index in [1.807, 2.05) is 30.3 Å². The molecule has 0 aliphatic rings. The predicted molar refractivity (Wildman–Crippen MR) is 122 cm³/mol. The number of thioether (sulfide) groups is 1. The van der Waals surface area contributed by atoms with E-state index < -0.39 is 0 Å². The maximum Gasteiger partial charge on any atom is 0.249 e. The fourth-order valence-corrected chi connectivity index (χ4v) is 5.29. The van der Waals surface area contributed by atoms with Gasteiger partial charge in [-0.1, -0.05) is 59.9 Å². The Kier molecular flexibility index (Phi) is 6.44. The number of hydrogen-bond acceptors (Lipinski definition) is 4. The number of fused-ring (bicyclic) bond motifs is 3. The molecule has 0 unspecified atom stereocenters. The Morgan fingerprint density at radius 2 is 1.86 bits per heavy atom. The average Bonchev–Trinajstić information content (AvgIpc) is 3.10. The van der Waals surface area contributed by atoms with E-state index >= 15 is 0 Å². The number of ether oxygens (including phenoxy) is 1. The summed E-state index contributed by atoms with van der Waals surface area (Å²) in [6.07, 6.45) is 0.416. The zero-order valence-electron chi connectivity index (χ0n) is 16.2. The van der Waals surface area contributed by atoms with E-state index in [9.17, 15) is 4.79 Å². The lowest BCUT2D eigenvalue weighted by Crippen LogP contribution is -2.19. The second-order valence-electron chi connectivity index (χ2n) is 6.58. The van der Waals surface area contributed by atoms with E-state index in [0.717, 1.165) is 20.8 Å². The van der Waals surface area contributed by atoms with Gasteiger partial charge in [-0.2, -0.15) is 4.99 Å². The van der Waals surface area contributed by atoms with Crippen LogP contribution in [0.4, 0.5) is 0 Å². The molecule has 1 aromatic heterocycles. The summed E-state index contributed by atoms with van der Waals surface area (Å²) >= 11 is 3.26. The number of rotatable bonds is 7. The Balaban J connectivity index is 1.63. The van der Waals surface area contributed by atoms with Crippen LogP contribution in [-0.4, -0.2) is 29.9 Å². The summed E-state index contributed by atoms with van der Waals surface area (Å²) in [4.78, 5) is 18.9. The first-order chi connectivity index (χ1) is 14.3. The molecule has 0 N–H and O–H groups in total. The second-order valence-corrected chi connectivity index (χ2v) is 8.73. The van der Waals surface area contributed by atoms with Crippen molar-refractivity contribution in [2.24, 2.45) is 4.99 Å². The number of hydrogen-bond donors (Lipinski definition) is 0. The van der Waals surface area contributed by atoms with Crippen LogP contribution in [0.15, 0.2) is 76.6 Å². The maximum absolute atomic E-state index is 12.6. The van der Waals surface area contributed by atoms with Gasteiger partial charge in [-0.15, -0.1) is 11.8 Å². The number of carbonyl (C=O) groups is 1. The van der Waals surface area contributed by atoms with Gasteiger partial charge in [-0.05, 0) is 23.6 Å². The van der Waals surface area contributed by atoms with Gasteiger partial charge < -0.3 is 9.30 Å². The summed E-state index contributed by atoms with van der Waals surface area (Å²) in [5.41, 5.74) is 1.09. The van der Waals surface area contributed by atoms with Crippen molar-refractivity contribution >= 4 is 50.0 Å². The number of aromatic nitrogens is 1. The largest absolute Gasteiger partial charge is 0.383 e. The molecule has 148 valence electrons. The molecule has 4 nitrogen and oxygen atoms in total. The van der Waals surface area contributed by atoms with Gasteiger partial charge in [0, 0.05) is 36.1 Å². The highest BCUT2D eigenvalue weighted by Gasteiger charge is 2.11. The molecule has 0 spiro atoms. The predicted octanol–water partition coefficient (Wildman–Crippen LogP) is 5.11. The molecule has 0 bridgehead atoms. The third kappa shape index (κ3) is 4.61. The van der Waals surface area contributed by atoms with Crippen LogP contribution >= 0.6 is 23.1 Å². The van der Waals surface area contributed by atoms with Gasteiger partial charge in [0.25, 0.3) is 0 Å². The van der Waals surface area contributed by atoms with E-state index in [-0.39, 0.29) is 5.91 Å². The lowest BCUT2D eigenvalue weighted by Gasteiger charge is -2.05. The Labute approximate surface area is 177 Å². The molecule has 1 heterocycles. The lowest BCUT2D eigenvalue weighted by molar-refractivity contribution is -0.117. The number of benzene rings is 3. The summed E-state index contributed by atoms with van der Waals surface area (Å²) in [6, 6.07) is 22.7. The van der Waals surface area contributed by atoms with E-state index in [4.69, 9.17) is 4.74 Å². The van der Waals surface area contributed by atoms with Crippen molar-refractivity contribution in [2.45, 2.75) is 17.9 Å². The topological polar surface area (TPSA) is 43.6 Å². The number of nitrogens with zero attached hydrogens (tertiary/aromatic N) is 2. The quantitative estimate of drug-likeness (QED) is 0.389. The molecule has 3 aromatic carbocycles. The minimum Gasteiger partial charge on any atom is -0.383 e. The van der Waals surface area contributed by atoms with Crippen LogP contribution in [-0.2, 0) is 16.1 Å². The molecule has 6 heteroatoms. The molecule has 0 aliphatic carbocycles. The summed E-state index contributed by atoms with van der Waals surface area (Å²) in [5, 5.41) is 2.38. The van der Waals surface area contributed by atoms with Crippen LogP contribution in [0, 0.1) is 0 Å². The van der Waals surface area contributed by atoms with Crippen LogP contribution in [0.25, 0.3) is 21.0 Å². The van der Waals surface area contributed by atoms with Gasteiger partial charge >= 0.3 is 0 Å². The molecular formula is C23H22N2O2S2. The molecule has 4 aromatic rings. The highest BCUT2D eigenvalue weighted by atomic mass is 32.2. The zero-order valence-corrected chi connectivity index (χ0v) is 17.8. The maximum atomic E-state index is 12.6. The molecule has 4 rings (SSSR count). The SMILES string of the molecule is COCCn1c(=NC(=O)CCSc2ccccc2)sc2c3ccccc3ccc21. The van der Waals surface area contributed by atoms with Gasteiger partial charge in [0.05, 0.1) is 16.8 Å². The molecule has 29 heavy (non-hydrogen) atoms. The molecule has 0 saturated carbocycles. The zero-order chi connectivity index (χ0) is 20.1. The van der Waals surface area contributed by atoms with Crippen LogP contribution < -0.4 is 4.80 Å². The third-order valence-corrected chi connectivity index (χ3v) is 6.78. The van der Waals surface area contributed by atoms with Crippen molar-refractivity contribution in [3.05, 3.63) is 71.5 Å². The van der Waals surface area contributed by atoms with Crippen molar-refractivity contribution in [1.82, 2.24) is 4.57 Å². The molecule has 0 radical (unpaired) electrons. The van der Waals surface area contributed by atoms with E-state index in [1.54, 1.807) is 30.2 Å². The molecule has 0 fully saturated rings. The first-order valence-electron chi connectivity index (χ1n) is 9.52. The number of carbonyl (C=O) groups excluding carboxylic acids is 1. The smallest absolute Gasteiger partial charge is 0.249 e. The van der Waals surface area contributed by atoms with Gasteiger partial charge in [-0.3, -0.25) is 4.79 Å². The standard InChI is InChI=1S/C23H22N2O2S2/c1-27-15-14-25-20-12-11-17-7-5-6-10-19(17)22(20)29-23(25)24-21(26)13-16-28-18-8-3-2-4-9-18/h2-12H,13-16H2,1H3. The number of methoxy groups -OCH3 is 1. The summed E-state index contributed by atoms with van der Waals surface area (Å²) < 4.78 is 8.53. The summed E-state index contributed by atoms with van der Waals surface area (Å²) in [6.45, 7) is 1.24. The van der Waals surface area contributed by atoms with Crippen molar-refractivity contribution in [2.75, 3.05) is 19.5 Å². The fourth-order valence-electron chi connectivity index (χ4n) is 3.22. The highest BCUT2D eigenvalue weighted by Crippen LogP contribution is 2.27. The third-order valence-electron chi connectivity index (χ3n) is 4.64. The Bertz CT molecular complexity index is 1200. The second kappa shape index (κ2) is 9.39. The Morgan fingerprint density at radius 3 is 2.69 bits per heavy atom. The molecule has 1 amide bonds. The minimum absolute atomic E-state index is 0.0875. The number of amides is 1. The molecular weight excluding hydrogens is 400 g/mol. The average molecular weight is 423 g/mol. The van der Waals surface area contributed by atoms with Gasteiger partial charge in [0.1, 0.15) is 0 Å². The van der Waals surface area contributed by atoms with Gasteiger partial charge in [0.2, 0.25) is 5.91 Å². The summed E-state index contributed by atoms with van der Waals surface area (Å²) in [7, 11) is 1.69. The Hall–Kier alpha value is -2.41. The van der Waals surface area contributed by atoms with Gasteiger partial charge in [0.15, 0.2) is 4.80 Å². The first-order valence-corrected chi connectivity index (χ1v) is 11.3. The lowest BCUT2D eigenvalue weighted by atomic mass is 10.1. The van der Waals surface area contributed by atoms with Crippen LogP contribution in [0.3, 0.4) is 0 Å². The minimum atomic E-state index is -0.0875. The normalized spacial score (nSPS) is 12.1. The van der Waals surface area contributed by atoms with E-state index in [1.165, 1.54) is 15.7 Å². The van der Waals surface area contributed by atoms with Crippen molar-refractivity contribution in [3.63, 3.8) is 0 Å². The van der Waals surface area contributed by atoms with Crippen LogP contribution in [0.2, 0.25) is 0 Å². The van der Waals surface area contributed by atoms with E-state index in [0.29, 0.717) is 19.6 Å². The summed E-state index contributed by atoms with van der Waals surface area (Å²) in [5.74, 6) is 0.633. The van der Waals surface area contributed by atoms with Gasteiger partial charge in [-0.25, -0.2) is 0 Å². The highest BCUT2D eigenvalue weighted by molar-refractivity contribution is 7.99. The van der Waals surface area contributed by atoms with E-state index in [2.05, 4.69) is 46.0 Å². The fraction of sp³-hybridized carbons (Fsp3) is 0.217. The monoisotopic (exact) mass is 422 g/mol. The molecule has 0 aliphatic heterocycles. The molecule has 0 atom stereocenters. The van der Waals surface area contributed by atoms with Crippen molar-refractivity contribution < 1.29 is 9.53 Å². The van der Waals surface area contributed by atoms with Crippen LogP contribution in [0.1, 0.15) is 6.42 Å². The number of thiazole rings is 1. The van der Waals surface area contributed by atoms with Crippen LogP contribution in [0.5, 0.6) is 0 Å². The van der Waals surface area contributed by atoms with Crippen molar-refractivity contribution in [1.29, 1.82) is 0 Å². The first kappa shape index (κ1) is 19.9. The Morgan fingerprint density at radius 1 is 1.07 bits per heavy atom. The molecule has 0 saturated heterocycles.